The van der Waals surface area contributed by atoms with Gasteiger partial charge in [-0.25, -0.2) is 0 Å². The van der Waals surface area contributed by atoms with Crippen molar-refractivity contribution >= 4 is 11.8 Å². The Morgan fingerprint density at radius 2 is 1.71 bits per heavy atom. The lowest BCUT2D eigenvalue weighted by molar-refractivity contribution is 0.407. The number of methoxy groups -OCH3 is 1. The minimum Gasteiger partial charge on any atom is -0.496 e. The molecule has 2 rings (SSSR count). The second-order valence-electron chi connectivity index (χ2n) is 5.43. The largest absolute Gasteiger partial charge is 0.496 e. The summed E-state index contributed by atoms with van der Waals surface area (Å²) in [5.41, 5.74) is 11.3. The predicted molar refractivity (Wildman–Crippen MR) is 91.3 cm³/mol. The van der Waals surface area contributed by atoms with E-state index in [-0.39, 0.29) is 6.04 Å². The Morgan fingerprint density at radius 3 is 2.38 bits per heavy atom. The maximum absolute atomic E-state index is 6.37. The highest BCUT2D eigenvalue weighted by molar-refractivity contribution is 7.99. The summed E-state index contributed by atoms with van der Waals surface area (Å²) in [6.45, 7) is 6.34. The molecule has 0 aromatic heterocycles. The molecule has 3 heteroatoms. The molecule has 2 aromatic rings. The number of hydrogen-bond acceptors (Lipinski definition) is 3. The van der Waals surface area contributed by atoms with Crippen LogP contribution in [0.15, 0.2) is 41.3 Å². The Kier molecular flexibility index (Phi) is 5.32. The fraction of sp³-hybridized carbons (Fsp3) is 0.333. The van der Waals surface area contributed by atoms with Crippen LogP contribution in [0, 0.1) is 20.8 Å². The van der Waals surface area contributed by atoms with E-state index in [4.69, 9.17) is 10.5 Å². The van der Waals surface area contributed by atoms with Gasteiger partial charge in [-0.05, 0) is 38.5 Å². The minimum absolute atomic E-state index is 0.0365. The van der Waals surface area contributed by atoms with Crippen LogP contribution in [-0.2, 0) is 0 Å². The maximum Gasteiger partial charge on any atom is 0.123 e. The van der Waals surface area contributed by atoms with E-state index in [0.717, 1.165) is 17.1 Å². The number of aryl methyl sites for hydroxylation is 3. The van der Waals surface area contributed by atoms with Crippen molar-refractivity contribution in [2.75, 3.05) is 12.9 Å². The Balaban J connectivity index is 2.11. The monoisotopic (exact) mass is 301 g/mol. The lowest BCUT2D eigenvalue weighted by Crippen LogP contribution is -2.14. The summed E-state index contributed by atoms with van der Waals surface area (Å²) in [4.78, 5) is 1.29. The van der Waals surface area contributed by atoms with Gasteiger partial charge in [-0.3, -0.25) is 0 Å². The molecule has 0 fully saturated rings. The molecule has 2 N–H and O–H groups in total. The summed E-state index contributed by atoms with van der Waals surface area (Å²) >= 11 is 1.80. The van der Waals surface area contributed by atoms with Crippen molar-refractivity contribution in [3.8, 4) is 5.75 Å². The predicted octanol–water partition coefficient (Wildman–Crippen LogP) is 4.41. The van der Waals surface area contributed by atoms with Crippen molar-refractivity contribution in [2.24, 2.45) is 5.73 Å². The molecule has 112 valence electrons. The van der Waals surface area contributed by atoms with Crippen LogP contribution in [0.2, 0.25) is 0 Å². The number of ether oxygens (including phenoxy) is 1. The van der Waals surface area contributed by atoms with E-state index >= 15 is 0 Å². The molecule has 0 aliphatic heterocycles. The van der Waals surface area contributed by atoms with Gasteiger partial charge in [0, 0.05) is 22.3 Å². The van der Waals surface area contributed by atoms with Crippen molar-refractivity contribution in [1.82, 2.24) is 0 Å². The fourth-order valence-corrected chi connectivity index (χ4v) is 3.36. The van der Waals surface area contributed by atoms with Crippen LogP contribution in [0.25, 0.3) is 0 Å². The number of benzene rings is 2. The van der Waals surface area contributed by atoms with E-state index in [1.165, 1.54) is 21.6 Å². The summed E-state index contributed by atoms with van der Waals surface area (Å²) in [5.74, 6) is 1.71. The van der Waals surface area contributed by atoms with Crippen molar-refractivity contribution in [2.45, 2.75) is 31.7 Å². The molecule has 0 bridgehead atoms. The van der Waals surface area contributed by atoms with Crippen molar-refractivity contribution in [1.29, 1.82) is 0 Å². The smallest absolute Gasteiger partial charge is 0.123 e. The summed E-state index contributed by atoms with van der Waals surface area (Å²) in [5, 5.41) is 0. The van der Waals surface area contributed by atoms with Gasteiger partial charge in [-0.2, -0.15) is 0 Å². The molecule has 0 amide bonds. The van der Waals surface area contributed by atoms with Crippen LogP contribution in [0.3, 0.4) is 0 Å². The van der Waals surface area contributed by atoms with Crippen LogP contribution in [-0.4, -0.2) is 12.9 Å². The van der Waals surface area contributed by atoms with E-state index in [2.05, 4.69) is 45.0 Å². The zero-order valence-electron chi connectivity index (χ0n) is 13.1. The Morgan fingerprint density at radius 1 is 1.05 bits per heavy atom. The Hall–Kier alpha value is -1.45. The minimum atomic E-state index is -0.0365. The lowest BCUT2D eigenvalue weighted by atomic mass is 10.1. The highest BCUT2D eigenvalue weighted by Crippen LogP contribution is 2.31. The van der Waals surface area contributed by atoms with Crippen LogP contribution in [0.4, 0.5) is 0 Å². The van der Waals surface area contributed by atoms with Crippen LogP contribution >= 0.6 is 11.8 Å². The molecule has 0 spiro atoms. The highest BCUT2D eigenvalue weighted by atomic mass is 32.2. The normalized spacial score (nSPS) is 12.2. The zero-order chi connectivity index (χ0) is 15.4. The van der Waals surface area contributed by atoms with Gasteiger partial charge in [0.05, 0.1) is 7.11 Å². The molecular weight excluding hydrogens is 278 g/mol. The van der Waals surface area contributed by atoms with Crippen molar-refractivity contribution in [3.63, 3.8) is 0 Å². The van der Waals surface area contributed by atoms with Gasteiger partial charge in [0.1, 0.15) is 5.75 Å². The Bertz CT molecular complexity index is 625. The highest BCUT2D eigenvalue weighted by Gasteiger charge is 2.13. The molecular formula is C18H23NOS. The second-order valence-corrected chi connectivity index (χ2v) is 6.49. The molecule has 21 heavy (non-hydrogen) atoms. The molecule has 0 heterocycles. The van der Waals surface area contributed by atoms with Crippen molar-refractivity contribution in [3.05, 3.63) is 58.7 Å². The first-order valence-corrected chi connectivity index (χ1v) is 8.10. The molecule has 1 unspecified atom stereocenters. The fourth-order valence-electron chi connectivity index (χ4n) is 2.37. The maximum atomic E-state index is 6.37. The average Bonchev–Trinajstić information content (AvgIpc) is 2.46. The third-order valence-corrected chi connectivity index (χ3v) is 4.83. The molecule has 0 saturated carbocycles. The van der Waals surface area contributed by atoms with Crippen molar-refractivity contribution < 1.29 is 4.74 Å². The zero-order valence-corrected chi connectivity index (χ0v) is 14.0. The summed E-state index contributed by atoms with van der Waals surface area (Å²) < 4.78 is 5.42. The number of hydrogen-bond donors (Lipinski definition) is 1. The van der Waals surface area contributed by atoms with Gasteiger partial charge >= 0.3 is 0 Å². The summed E-state index contributed by atoms with van der Waals surface area (Å²) in [7, 11) is 1.69. The molecule has 0 radical (unpaired) electrons. The third-order valence-electron chi connectivity index (χ3n) is 3.53. The van der Waals surface area contributed by atoms with Gasteiger partial charge in [-0.15, -0.1) is 11.8 Å². The SMILES string of the molecule is COc1ccc(C)cc1C(N)CSc1ccc(C)cc1C. The van der Waals surface area contributed by atoms with Crippen LogP contribution in [0.5, 0.6) is 5.75 Å². The van der Waals surface area contributed by atoms with Gasteiger partial charge in [-0.1, -0.05) is 35.4 Å². The Labute approximate surface area is 131 Å². The lowest BCUT2D eigenvalue weighted by Gasteiger charge is -2.17. The van der Waals surface area contributed by atoms with Crippen LogP contribution in [0.1, 0.15) is 28.3 Å². The first-order chi connectivity index (χ1) is 10.0. The van der Waals surface area contributed by atoms with E-state index in [1.54, 1.807) is 18.9 Å². The van der Waals surface area contributed by atoms with Gasteiger partial charge < -0.3 is 10.5 Å². The molecule has 0 aliphatic rings. The number of nitrogens with two attached hydrogens (primary N) is 1. The third kappa shape index (κ3) is 4.02. The summed E-state index contributed by atoms with van der Waals surface area (Å²) in [6.07, 6.45) is 0. The number of thioether (sulfide) groups is 1. The topological polar surface area (TPSA) is 35.2 Å². The molecule has 0 saturated heterocycles. The first kappa shape index (κ1) is 15.9. The van der Waals surface area contributed by atoms with Crippen LogP contribution < -0.4 is 10.5 Å². The molecule has 2 nitrogen and oxygen atoms in total. The van der Waals surface area contributed by atoms with E-state index in [9.17, 15) is 0 Å². The molecule has 1 atom stereocenters. The second kappa shape index (κ2) is 7.01. The summed E-state index contributed by atoms with van der Waals surface area (Å²) in [6, 6.07) is 12.7. The van der Waals surface area contributed by atoms with Gasteiger partial charge in [0.25, 0.3) is 0 Å². The van der Waals surface area contributed by atoms with Gasteiger partial charge in [0.2, 0.25) is 0 Å². The van der Waals surface area contributed by atoms with Gasteiger partial charge in [0.15, 0.2) is 0 Å². The number of rotatable bonds is 5. The van der Waals surface area contributed by atoms with E-state index in [1.807, 2.05) is 12.1 Å². The average molecular weight is 301 g/mol. The first-order valence-electron chi connectivity index (χ1n) is 7.11. The molecule has 0 aliphatic carbocycles. The van der Waals surface area contributed by atoms with E-state index < -0.39 is 0 Å². The van der Waals surface area contributed by atoms with E-state index in [0.29, 0.717) is 0 Å². The standard InChI is InChI=1S/C18H23NOS/c1-12-6-8-18(14(3)9-12)21-11-16(19)15-10-13(2)5-7-17(15)20-4/h5-10,16H,11,19H2,1-4H3. The quantitative estimate of drug-likeness (QED) is 0.831. The molecule has 2 aromatic carbocycles.